The molecule has 14 heteroatoms. The highest BCUT2D eigenvalue weighted by molar-refractivity contribution is 5.82. The number of hydrogen-bond acceptors (Lipinski definition) is 13. The molecule has 0 bridgehead atoms. The van der Waals surface area contributed by atoms with Crippen LogP contribution >= 0.6 is 0 Å². The third-order valence-corrected chi connectivity index (χ3v) is 6.98. The lowest BCUT2D eigenvalue weighted by Crippen LogP contribution is -2.68. The second-order valence-corrected chi connectivity index (χ2v) is 11.8. The highest BCUT2D eigenvalue weighted by Gasteiger charge is 2.52. The van der Waals surface area contributed by atoms with E-state index in [1.807, 2.05) is 44.2 Å². The molecule has 2 aliphatic rings. The molecule has 1 aromatic carbocycles. The van der Waals surface area contributed by atoms with Crippen LogP contribution in [0.2, 0.25) is 0 Å². The van der Waals surface area contributed by atoms with Crippen molar-refractivity contribution in [3.8, 4) is 0 Å². The van der Waals surface area contributed by atoms with Crippen LogP contribution < -0.4 is 10.6 Å². The Hall–Kier alpha value is -3.59. The number of hydrogen-bond donors (Lipinski definition) is 2. The first kappa shape index (κ1) is 35.9. The molecule has 3 rings (SSSR count). The average molecular weight is 637 g/mol. The van der Waals surface area contributed by atoms with E-state index in [4.69, 9.17) is 33.2 Å². The highest BCUT2D eigenvalue weighted by Crippen LogP contribution is 2.28. The maximum absolute atomic E-state index is 13.9. The highest BCUT2D eigenvalue weighted by atomic mass is 16.7. The Morgan fingerprint density at radius 1 is 0.867 bits per heavy atom. The van der Waals surface area contributed by atoms with Crippen LogP contribution in [0.3, 0.4) is 0 Å². The average Bonchev–Trinajstić information content (AvgIpc) is 2.95. The summed E-state index contributed by atoms with van der Waals surface area (Å²) in [5.41, 5.74) is 0.782. The predicted octanol–water partition coefficient (Wildman–Crippen LogP) is 1.18. The smallest absolute Gasteiger partial charge is 0.305 e. The minimum Gasteiger partial charge on any atom is -0.463 e. The summed E-state index contributed by atoms with van der Waals surface area (Å²) in [5, 5.41) is 6.05. The summed E-state index contributed by atoms with van der Waals surface area (Å²) in [4.78, 5) is 61.9. The predicted molar refractivity (Wildman–Crippen MR) is 156 cm³/mol. The maximum Gasteiger partial charge on any atom is 0.305 e. The van der Waals surface area contributed by atoms with Gasteiger partial charge < -0.3 is 43.8 Å². The Morgan fingerprint density at radius 3 is 2.04 bits per heavy atom. The molecular formula is C31H44N2O12. The Kier molecular flexibility index (Phi) is 13.3. The van der Waals surface area contributed by atoms with Crippen molar-refractivity contribution in [2.45, 2.75) is 97.4 Å². The van der Waals surface area contributed by atoms with Crippen LogP contribution in [0.4, 0.5) is 0 Å². The number of amides is 1. The van der Waals surface area contributed by atoms with Crippen molar-refractivity contribution in [3.63, 3.8) is 0 Å². The maximum atomic E-state index is 13.9. The third kappa shape index (κ3) is 11.7. The van der Waals surface area contributed by atoms with Gasteiger partial charge in [0.05, 0.1) is 19.3 Å². The van der Waals surface area contributed by atoms with E-state index in [0.29, 0.717) is 26.2 Å². The van der Waals surface area contributed by atoms with Crippen LogP contribution in [-0.4, -0.2) is 99.1 Å². The summed E-state index contributed by atoms with van der Waals surface area (Å²) >= 11 is 0. The largest absolute Gasteiger partial charge is 0.463 e. The lowest BCUT2D eigenvalue weighted by atomic mass is 9.95. The van der Waals surface area contributed by atoms with Gasteiger partial charge in [-0.25, -0.2) is 0 Å². The number of benzene rings is 1. The SMILES string of the molecule is CC(=O)OCC1OC(OC(C)=O)[C@H](NC(=O)[C@H](Cc2ccccc2)NCCC2OCC(C)(C)CO2)[C@@H](OC(C)=O)[C@@H]1OC(C)=O. The topological polar surface area (TPSA) is 174 Å². The van der Waals surface area contributed by atoms with Crippen molar-refractivity contribution in [1.29, 1.82) is 0 Å². The van der Waals surface area contributed by atoms with Gasteiger partial charge in [-0.3, -0.25) is 24.0 Å². The van der Waals surface area contributed by atoms with Gasteiger partial charge in [-0.15, -0.1) is 0 Å². The normalized spacial score (nSPS) is 25.3. The fraction of sp³-hybridized carbons (Fsp3) is 0.645. The first-order valence-electron chi connectivity index (χ1n) is 14.9. The molecule has 6 atom stereocenters. The minimum atomic E-state index is -1.49. The molecule has 2 saturated heterocycles. The lowest BCUT2D eigenvalue weighted by Gasteiger charge is -2.44. The van der Waals surface area contributed by atoms with Gasteiger partial charge in [-0.2, -0.15) is 0 Å². The first-order valence-corrected chi connectivity index (χ1v) is 14.9. The first-order chi connectivity index (χ1) is 21.2. The summed E-state index contributed by atoms with van der Waals surface area (Å²) in [6.07, 6.45) is -5.07. The van der Waals surface area contributed by atoms with Crippen LogP contribution in [0.1, 0.15) is 53.5 Å². The molecule has 2 fully saturated rings. The van der Waals surface area contributed by atoms with Crippen LogP contribution in [0.15, 0.2) is 30.3 Å². The molecule has 2 heterocycles. The van der Waals surface area contributed by atoms with E-state index in [9.17, 15) is 24.0 Å². The lowest BCUT2D eigenvalue weighted by molar-refractivity contribution is -0.271. The molecular weight excluding hydrogens is 592 g/mol. The number of ether oxygens (including phenoxy) is 7. The number of carbonyl (C=O) groups excluding carboxylic acids is 5. The molecule has 250 valence electrons. The van der Waals surface area contributed by atoms with Gasteiger partial charge in [-0.05, 0) is 12.0 Å². The Morgan fingerprint density at radius 2 is 1.47 bits per heavy atom. The van der Waals surface area contributed by atoms with Gasteiger partial charge >= 0.3 is 23.9 Å². The van der Waals surface area contributed by atoms with Gasteiger partial charge in [0.25, 0.3) is 0 Å². The molecule has 0 saturated carbocycles. The summed E-state index contributed by atoms with van der Waals surface area (Å²) in [6.45, 7) is 9.72. The van der Waals surface area contributed by atoms with Crippen LogP contribution in [0.25, 0.3) is 0 Å². The third-order valence-electron chi connectivity index (χ3n) is 6.98. The molecule has 0 spiro atoms. The van der Waals surface area contributed by atoms with E-state index in [1.54, 1.807) is 0 Å². The van der Waals surface area contributed by atoms with Crippen LogP contribution in [-0.2, 0) is 63.6 Å². The van der Waals surface area contributed by atoms with E-state index >= 15 is 0 Å². The van der Waals surface area contributed by atoms with Gasteiger partial charge in [0, 0.05) is 46.1 Å². The van der Waals surface area contributed by atoms with Crippen molar-refractivity contribution in [1.82, 2.24) is 10.6 Å². The van der Waals surface area contributed by atoms with Crippen molar-refractivity contribution < 1.29 is 57.1 Å². The van der Waals surface area contributed by atoms with Crippen molar-refractivity contribution >= 4 is 29.8 Å². The van der Waals surface area contributed by atoms with E-state index in [0.717, 1.165) is 26.3 Å². The molecule has 1 amide bonds. The van der Waals surface area contributed by atoms with Crippen LogP contribution in [0, 0.1) is 5.41 Å². The second-order valence-electron chi connectivity index (χ2n) is 11.8. The number of carbonyl (C=O) groups is 5. The van der Waals surface area contributed by atoms with E-state index in [1.165, 1.54) is 6.92 Å². The molecule has 0 radical (unpaired) electrons. The Bertz CT molecular complexity index is 1170. The zero-order valence-electron chi connectivity index (χ0n) is 26.6. The molecule has 2 aliphatic heterocycles. The molecule has 0 aromatic heterocycles. The van der Waals surface area contributed by atoms with Gasteiger partial charge in [0.15, 0.2) is 18.5 Å². The molecule has 14 nitrogen and oxygen atoms in total. The standard InChI is InChI=1S/C31H44N2O12/c1-18(34)39-15-24-27(42-19(2)35)28(43-20(3)36)26(30(45-24)44-21(4)37)33-29(38)23(14-22-10-8-7-9-11-22)32-13-12-25-40-16-31(5,6)17-41-25/h7-11,23-28,30,32H,12-17H2,1-6H3,(H,33,38)/t23-,24?,26+,27+,28+,30?/m0/s1. The van der Waals surface area contributed by atoms with E-state index < -0.39 is 79.4 Å². The summed E-state index contributed by atoms with van der Waals surface area (Å²) < 4.78 is 39.0. The van der Waals surface area contributed by atoms with Gasteiger partial charge in [-0.1, -0.05) is 44.2 Å². The number of esters is 4. The van der Waals surface area contributed by atoms with E-state index in [-0.39, 0.29) is 11.8 Å². The van der Waals surface area contributed by atoms with Crippen molar-refractivity contribution in [2.24, 2.45) is 5.41 Å². The quantitative estimate of drug-likeness (QED) is 0.234. The Labute approximate surface area is 262 Å². The zero-order valence-corrected chi connectivity index (χ0v) is 26.6. The summed E-state index contributed by atoms with van der Waals surface area (Å²) in [7, 11) is 0. The van der Waals surface area contributed by atoms with Crippen LogP contribution in [0.5, 0.6) is 0 Å². The molecule has 0 aliphatic carbocycles. The fourth-order valence-corrected chi connectivity index (χ4v) is 4.96. The van der Waals surface area contributed by atoms with Crippen molar-refractivity contribution in [3.05, 3.63) is 35.9 Å². The summed E-state index contributed by atoms with van der Waals surface area (Å²) in [6, 6.07) is 7.20. The monoisotopic (exact) mass is 636 g/mol. The molecule has 45 heavy (non-hydrogen) atoms. The summed E-state index contributed by atoms with van der Waals surface area (Å²) in [5.74, 6) is -3.45. The minimum absolute atomic E-state index is 0.0835. The van der Waals surface area contributed by atoms with Gasteiger partial charge in [0.1, 0.15) is 18.8 Å². The number of nitrogens with one attached hydrogen (secondary N) is 2. The second kappa shape index (κ2) is 16.6. The van der Waals surface area contributed by atoms with Gasteiger partial charge in [0.2, 0.25) is 12.2 Å². The molecule has 2 N–H and O–H groups in total. The Balaban J connectivity index is 1.86. The van der Waals surface area contributed by atoms with E-state index in [2.05, 4.69) is 10.6 Å². The van der Waals surface area contributed by atoms with Crippen molar-refractivity contribution in [2.75, 3.05) is 26.4 Å². The fourth-order valence-electron chi connectivity index (χ4n) is 4.96. The molecule has 2 unspecified atom stereocenters. The molecule has 1 aromatic rings. The zero-order chi connectivity index (χ0) is 33.1. The number of rotatable bonds is 13.